The molecule has 4 heteroatoms. The normalized spacial score (nSPS) is 11.5. The number of aromatic nitrogens is 1. The molecule has 0 amide bonds. The van der Waals surface area contributed by atoms with Crippen LogP contribution in [0.1, 0.15) is 5.69 Å². The molecule has 0 saturated carbocycles. The van der Waals surface area contributed by atoms with Gasteiger partial charge in [-0.2, -0.15) is 13.2 Å². The average Bonchev–Trinajstić information content (AvgIpc) is 1.88. The van der Waals surface area contributed by atoms with Gasteiger partial charge >= 0.3 is 6.18 Å². The molecule has 1 aromatic heterocycles. The van der Waals surface area contributed by atoms with Gasteiger partial charge in [-0.1, -0.05) is 0 Å². The Labute approximate surface area is 55.5 Å². The quantitative estimate of drug-likeness (QED) is 0.541. The molecule has 0 atom stereocenters. The molecule has 0 aromatic carbocycles. The number of halogens is 3. The lowest BCUT2D eigenvalue weighted by Crippen LogP contribution is -2.06. The Morgan fingerprint density at radius 2 is 2.10 bits per heavy atom. The molecule has 0 unspecified atom stereocenters. The average molecular weight is 145 g/mol. The Bertz CT molecular complexity index is 204. The second-order valence-corrected chi connectivity index (χ2v) is 1.56. The van der Waals surface area contributed by atoms with E-state index in [9.17, 15) is 13.2 Å². The molecular formula is C6H2F3N. The van der Waals surface area contributed by atoms with Crippen LogP contribution in [0, 0.1) is 12.1 Å². The summed E-state index contributed by atoms with van der Waals surface area (Å²) >= 11 is 0. The molecule has 1 aromatic rings. The molecule has 0 fully saturated rings. The molecular weight excluding hydrogens is 143 g/mol. The zero-order chi connectivity index (χ0) is 7.61. The van der Waals surface area contributed by atoms with Gasteiger partial charge in [0, 0.05) is 12.3 Å². The number of hydrogen-bond donors (Lipinski definition) is 0. The van der Waals surface area contributed by atoms with E-state index in [-0.39, 0.29) is 0 Å². The van der Waals surface area contributed by atoms with Crippen molar-refractivity contribution in [1.29, 1.82) is 0 Å². The lowest BCUT2D eigenvalue weighted by molar-refractivity contribution is -0.141. The van der Waals surface area contributed by atoms with Gasteiger partial charge in [-0.3, -0.25) is 4.98 Å². The highest BCUT2D eigenvalue weighted by atomic mass is 19.4. The van der Waals surface area contributed by atoms with Crippen molar-refractivity contribution in [3.63, 3.8) is 0 Å². The summed E-state index contributed by atoms with van der Waals surface area (Å²) in [6.07, 6.45) is -3.38. The fourth-order valence-corrected chi connectivity index (χ4v) is 0.435. The van der Waals surface area contributed by atoms with E-state index in [4.69, 9.17) is 0 Å². The smallest absolute Gasteiger partial charge is 0.251 e. The highest BCUT2D eigenvalue weighted by molar-refractivity contribution is 5.03. The number of hydrogen-bond acceptors (Lipinski definition) is 1. The molecule has 0 spiro atoms. The zero-order valence-electron chi connectivity index (χ0n) is 4.74. The maximum Gasteiger partial charge on any atom is 0.433 e. The van der Waals surface area contributed by atoms with Gasteiger partial charge in [0.2, 0.25) is 0 Å². The van der Waals surface area contributed by atoms with Gasteiger partial charge in [0.15, 0.2) is 5.69 Å². The van der Waals surface area contributed by atoms with E-state index >= 15 is 0 Å². The van der Waals surface area contributed by atoms with Gasteiger partial charge in [-0.05, 0) is 12.1 Å². The van der Waals surface area contributed by atoms with Crippen LogP contribution in [0.3, 0.4) is 0 Å². The maximum absolute atomic E-state index is 11.7. The fourth-order valence-electron chi connectivity index (χ4n) is 0.435. The largest absolute Gasteiger partial charge is 0.433 e. The topological polar surface area (TPSA) is 12.9 Å². The standard InChI is InChI=1S/C6H2F3N/c7-6(8,9)5-3-1-2-4-10-5/h2,4H. The van der Waals surface area contributed by atoms with Crippen LogP contribution in [0.2, 0.25) is 0 Å². The molecule has 0 aliphatic carbocycles. The minimum Gasteiger partial charge on any atom is -0.251 e. The molecule has 2 radical (unpaired) electrons. The highest BCUT2D eigenvalue weighted by Gasteiger charge is 2.31. The van der Waals surface area contributed by atoms with Gasteiger partial charge in [-0.25, -0.2) is 0 Å². The third-order valence-electron chi connectivity index (χ3n) is 0.821. The summed E-state index contributed by atoms with van der Waals surface area (Å²) in [5.41, 5.74) is -1.03. The molecule has 0 N–H and O–H groups in total. The maximum atomic E-state index is 11.7. The third kappa shape index (κ3) is 1.46. The minimum absolute atomic E-state index is 1.03. The van der Waals surface area contributed by atoms with Crippen molar-refractivity contribution in [2.75, 3.05) is 0 Å². The molecule has 1 heterocycles. The lowest BCUT2D eigenvalue weighted by atomic mass is 10.3. The van der Waals surface area contributed by atoms with Crippen LogP contribution >= 0.6 is 0 Å². The van der Waals surface area contributed by atoms with E-state index in [0.717, 1.165) is 6.20 Å². The van der Waals surface area contributed by atoms with Crippen LogP contribution in [-0.4, -0.2) is 4.98 Å². The molecule has 10 heavy (non-hydrogen) atoms. The third-order valence-corrected chi connectivity index (χ3v) is 0.821. The van der Waals surface area contributed by atoms with Crippen LogP contribution < -0.4 is 0 Å². The number of pyridine rings is 1. The van der Waals surface area contributed by atoms with E-state index in [1.807, 2.05) is 6.07 Å². The molecule has 0 aliphatic heterocycles. The lowest BCUT2D eigenvalue weighted by Gasteiger charge is -2.01. The van der Waals surface area contributed by atoms with Crippen molar-refractivity contribution in [2.45, 2.75) is 6.18 Å². The Morgan fingerprint density at radius 1 is 1.40 bits per heavy atom. The summed E-state index contributed by atoms with van der Waals surface area (Å²) in [4.78, 5) is 3.04. The van der Waals surface area contributed by atoms with Crippen LogP contribution in [0.4, 0.5) is 13.2 Å². The van der Waals surface area contributed by atoms with Gasteiger partial charge < -0.3 is 0 Å². The minimum atomic E-state index is -4.41. The van der Waals surface area contributed by atoms with Crippen LogP contribution in [-0.2, 0) is 6.18 Å². The van der Waals surface area contributed by atoms with Gasteiger partial charge in [0.05, 0.1) is 0 Å². The molecule has 0 saturated heterocycles. The predicted molar refractivity (Wildman–Crippen MR) is 26.9 cm³/mol. The second kappa shape index (κ2) is 2.28. The predicted octanol–water partition coefficient (Wildman–Crippen LogP) is 1.70. The number of rotatable bonds is 0. The summed E-state index contributed by atoms with van der Waals surface area (Å²) in [6.45, 7) is 0. The summed E-state index contributed by atoms with van der Waals surface area (Å²) in [7, 11) is 0. The Kier molecular flexibility index (Phi) is 1.61. The van der Waals surface area contributed by atoms with Gasteiger partial charge in [-0.15, -0.1) is 0 Å². The van der Waals surface area contributed by atoms with Crippen LogP contribution in [0.15, 0.2) is 12.3 Å². The van der Waals surface area contributed by atoms with E-state index in [2.05, 4.69) is 11.1 Å². The zero-order valence-corrected chi connectivity index (χ0v) is 4.74. The van der Waals surface area contributed by atoms with Crippen molar-refractivity contribution < 1.29 is 13.2 Å². The molecule has 1 nitrogen and oxygen atoms in total. The van der Waals surface area contributed by atoms with E-state index in [1.54, 1.807) is 0 Å². The van der Waals surface area contributed by atoms with Crippen molar-refractivity contribution in [3.05, 3.63) is 30.1 Å². The summed E-state index contributed by atoms with van der Waals surface area (Å²) in [5.74, 6) is 0. The number of alkyl halides is 3. The first-order valence-electron chi connectivity index (χ1n) is 2.42. The SMILES string of the molecule is FC(F)(F)c1[c][c]ccn1. The first-order chi connectivity index (χ1) is 4.61. The first kappa shape index (κ1) is 7.05. The van der Waals surface area contributed by atoms with Crippen molar-refractivity contribution >= 4 is 0 Å². The van der Waals surface area contributed by atoms with E-state index < -0.39 is 11.9 Å². The van der Waals surface area contributed by atoms with Gasteiger partial charge in [0.25, 0.3) is 0 Å². The monoisotopic (exact) mass is 145 g/mol. The highest BCUT2D eigenvalue weighted by Crippen LogP contribution is 2.25. The molecule has 0 bridgehead atoms. The van der Waals surface area contributed by atoms with Crippen molar-refractivity contribution in [1.82, 2.24) is 4.98 Å². The Hall–Kier alpha value is -1.06. The number of nitrogens with zero attached hydrogens (tertiary/aromatic N) is 1. The molecule has 52 valence electrons. The van der Waals surface area contributed by atoms with Crippen LogP contribution in [0.5, 0.6) is 0 Å². The molecule has 0 aliphatic rings. The second-order valence-electron chi connectivity index (χ2n) is 1.56. The van der Waals surface area contributed by atoms with E-state index in [0.29, 0.717) is 0 Å². The molecule has 1 rings (SSSR count). The summed E-state index contributed by atoms with van der Waals surface area (Å²) in [5, 5.41) is 0. The fraction of sp³-hybridized carbons (Fsp3) is 0.167. The van der Waals surface area contributed by atoms with Crippen molar-refractivity contribution in [2.24, 2.45) is 0 Å². The summed E-state index contributed by atoms with van der Waals surface area (Å²) < 4.78 is 35.0. The first-order valence-corrected chi connectivity index (χ1v) is 2.42. The van der Waals surface area contributed by atoms with E-state index in [1.165, 1.54) is 6.07 Å². The Morgan fingerprint density at radius 3 is 2.40 bits per heavy atom. The van der Waals surface area contributed by atoms with Gasteiger partial charge in [0.1, 0.15) is 0 Å². The van der Waals surface area contributed by atoms with Crippen molar-refractivity contribution in [3.8, 4) is 0 Å². The summed E-state index contributed by atoms with van der Waals surface area (Å²) in [6, 6.07) is 5.27. The van der Waals surface area contributed by atoms with Crippen LogP contribution in [0.25, 0.3) is 0 Å². The Balaban J connectivity index is 2.97.